The van der Waals surface area contributed by atoms with E-state index >= 15 is 0 Å². The van der Waals surface area contributed by atoms with Crippen molar-refractivity contribution in [3.63, 3.8) is 0 Å². The number of aliphatic hydroxyl groups excluding tert-OH is 2. The highest BCUT2D eigenvalue weighted by Crippen LogP contribution is 2.23. The quantitative estimate of drug-likeness (QED) is 0.452. The van der Waals surface area contributed by atoms with Crippen LogP contribution in [0.15, 0.2) is 0 Å². The van der Waals surface area contributed by atoms with Crippen molar-refractivity contribution < 1.29 is 29.3 Å². The molecule has 2 heterocycles. The van der Waals surface area contributed by atoms with E-state index < -0.39 is 29.1 Å². The second-order valence-electron chi connectivity index (χ2n) is 3.98. The van der Waals surface area contributed by atoms with E-state index in [0.717, 1.165) is 0 Å². The van der Waals surface area contributed by atoms with Gasteiger partial charge in [-0.2, -0.15) is 0 Å². The van der Waals surface area contributed by atoms with Crippen LogP contribution in [-0.4, -0.2) is 62.1 Å². The highest BCUT2D eigenvalue weighted by molar-refractivity contribution is 9.10. The van der Waals surface area contributed by atoms with Crippen molar-refractivity contribution >= 4 is 59.7 Å². The molecule has 0 spiro atoms. The molecule has 9 heteroatoms. The minimum absolute atomic E-state index is 0.135. The molecule has 2 fully saturated rings. The van der Waals surface area contributed by atoms with Gasteiger partial charge in [0.25, 0.3) is 0 Å². The molecular weight excluding hydrogens is 456 g/mol. The van der Waals surface area contributed by atoms with Crippen molar-refractivity contribution in [2.24, 2.45) is 0 Å². The number of carbonyl (C=O) groups is 2. The molecule has 0 aromatic rings. The van der Waals surface area contributed by atoms with E-state index in [0.29, 0.717) is 10.7 Å². The maximum Gasteiger partial charge on any atom is 0.322 e. The number of hydrogen-bond donors (Lipinski definition) is 2. The van der Waals surface area contributed by atoms with E-state index in [1.165, 1.54) is 0 Å². The average molecular weight is 469 g/mol. The van der Waals surface area contributed by atoms with E-state index in [2.05, 4.69) is 52.5 Å². The Hall–Kier alpha value is 0.300. The number of carbonyl (C=O) groups excluding carboxylic acids is 2. The van der Waals surface area contributed by atoms with E-state index in [9.17, 15) is 14.7 Å². The van der Waals surface area contributed by atoms with Gasteiger partial charge in [-0.05, 0) is 0 Å². The molecule has 2 N–H and O–H groups in total. The summed E-state index contributed by atoms with van der Waals surface area (Å²) in [6.07, 6.45) is -1.95. The molecule has 0 aromatic carbocycles. The molecule has 19 heavy (non-hydrogen) atoms. The summed E-state index contributed by atoms with van der Waals surface area (Å²) in [5.74, 6) is -0.705. The van der Waals surface area contributed by atoms with E-state index in [4.69, 9.17) is 9.84 Å². The summed E-state index contributed by atoms with van der Waals surface area (Å²) in [6.45, 7) is 0. The zero-order valence-corrected chi connectivity index (χ0v) is 14.4. The summed E-state index contributed by atoms with van der Waals surface area (Å²) in [5, 5.41) is 19.2. The molecule has 0 saturated carbocycles. The van der Waals surface area contributed by atoms with Crippen molar-refractivity contribution in [1.29, 1.82) is 0 Å². The predicted octanol–water partition coefficient (Wildman–Crippen LogP) is 0.489. The Bertz CT molecular complexity index is 339. The van der Waals surface area contributed by atoms with Gasteiger partial charge in [0, 0.05) is 10.7 Å². The molecular formula is C10H13Br3O6. The molecule has 5 atom stereocenters. The van der Waals surface area contributed by atoms with Gasteiger partial charge < -0.3 is 19.7 Å². The van der Waals surface area contributed by atoms with Crippen LogP contribution in [0.5, 0.6) is 0 Å². The van der Waals surface area contributed by atoms with E-state index in [1.54, 1.807) is 0 Å². The minimum atomic E-state index is -0.730. The third kappa shape index (κ3) is 4.66. The van der Waals surface area contributed by atoms with Gasteiger partial charge in [-0.1, -0.05) is 47.8 Å². The van der Waals surface area contributed by atoms with Gasteiger partial charge in [0.05, 0.1) is 6.42 Å². The maximum absolute atomic E-state index is 10.7. The second kappa shape index (κ2) is 7.92. The Morgan fingerprint density at radius 1 is 1.11 bits per heavy atom. The smallest absolute Gasteiger partial charge is 0.322 e. The highest BCUT2D eigenvalue weighted by atomic mass is 79.9. The van der Waals surface area contributed by atoms with Gasteiger partial charge >= 0.3 is 11.9 Å². The second-order valence-corrected chi connectivity index (χ2v) is 6.26. The summed E-state index contributed by atoms with van der Waals surface area (Å²) < 4.78 is 9.44. The summed E-state index contributed by atoms with van der Waals surface area (Å²) in [7, 11) is 0. The number of cyclic esters (lactones) is 2. The van der Waals surface area contributed by atoms with Gasteiger partial charge in [0.1, 0.15) is 29.2 Å². The Balaban J connectivity index is 0.000000191. The minimum Gasteiger partial charge on any atom is -0.459 e. The van der Waals surface area contributed by atoms with Crippen molar-refractivity contribution in [2.45, 2.75) is 35.7 Å². The lowest BCUT2D eigenvalue weighted by molar-refractivity contribution is -0.141. The zero-order chi connectivity index (χ0) is 14.6. The molecule has 2 aliphatic heterocycles. The standard InChI is InChI=1S/C5H6Br2O3.C5H7BrO3/c6-1-2-4(8)3(7)5(9)10-2;6-2-4-3(7)1-5(8)9-4/h2-4,8H,1H2;3-4,7H,1-2H2/t2-,3+,4+;3-,4-/m11/s1. The molecule has 110 valence electrons. The normalized spacial score (nSPS) is 37.4. The number of esters is 2. The number of aliphatic hydroxyl groups is 2. The van der Waals surface area contributed by atoms with Crippen molar-refractivity contribution in [1.82, 2.24) is 0 Å². The van der Waals surface area contributed by atoms with Crippen molar-refractivity contribution in [3.05, 3.63) is 0 Å². The van der Waals surface area contributed by atoms with Crippen LogP contribution in [0.1, 0.15) is 6.42 Å². The van der Waals surface area contributed by atoms with Crippen LogP contribution in [0.2, 0.25) is 0 Å². The van der Waals surface area contributed by atoms with Crippen molar-refractivity contribution in [3.8, 4) is 0 Å². The fourth-order valence-corrected chi connectivity index (χ4v) is 2.99. The van der Waals surface area contributed by atoms with E-state index in [1.807, 2.05) is 0 Å². The van der Waals surface area contributed by atoms with Crippen LogP contribution in [0.25, 0.3) is 0 Å². The third-order valence-electron chi connectivity index (χ3n) is 2.57. The first-order chi connectivity index (χ1) is 8.90. The Morgan fingerprint density at radius 2 is 1.68 bits per heavy atom. The molecule has 0 unspecified atom stereocenters. The lowest BCUT2D eigenvalue weighted by Gasteiger charge is -2.08. The molecule has 0 amide bonds. The lowest BCUT2D eigenvalue weighted by Crippen LogP contribution is -2.27. The fraction of sp³-hybridized carbons (Fsp3) is 0.800. The predicted molar refractivity (Wildman–Crippen MR) is 76.7 cm³/mol. The largest absolute Gasteiger partial charge is 0.459 e. The number of ether oxygens (including phenoxy) is 2. The summed E-state index contributed by atoms with van der Waals surface area (Å²) in [5.41, 5.74) is 0. The Labute approximate surface area is 135 Å². The topological polar surface area (TPSA) is 93.1 Å². The summed E-state index contributed by atoms with van der Waals surface area (Å²) in [6, 6.07) is 0. The number of halogens is 3. The van der Waals surface area contributed by atoms with Gasteiger partial charge in [0.2, 0.25) is 0 Å². The first-order valence-corrected chi connectivity index (χ1v) is 8.58. The van der Waals surface area contributed by atoms with Crippen LogP contribution < -0.4 is 0 Å². The highest BCUT2D eigenvalue weighted by Gasteiger charge is 2.41. The fourth-order valence-electron chi connectivity index (χ4n) is 1.47. The maximum atomic E-state index is 10.7. The van der Waals surface area contributed by atoms with Crippen molar-refractivity contribution in [2.75, 3.05) is 10.7 Å². The molecule has 2 saturated heterocycles. The number of alkyl halides is 3. The SMILES string of the molecule is O=C1C[C@@H](O)[C@@H](CBr)O1.O=C1O[C@H](CBr)[C@H](O)[C@@H]1Br. The molecule has 0 aromatic heterocycles. The number of hydrogen-bond acceptors (Lipinski definition) is 6. The van der Waals surface area contributed by atoms with Gasteiger partial charge in [-0.3, -0.25) is 9.59 Å². The zero-order valence-electron chi connectivity index (χ0n) is 9.67. The molecule has 0 bridgehead atoms. The lowest BCUT2D eigenvalue weighted by atomic mass is 10.2. The first-order valence-electron chi connectivity index (χ1n) is 5.42. The summed E-state index contributed by atoms with van der Waals surface area (Å²) >= 11 is 9.23. The van der Waals surface area contributed by atoms with Gasteiger partial charge in [-0.25, -0.2) is 0 Å². The van der Waals surface area contributed by atoms with Crippen LogP contribution in [0, 0.1) is 0 Å². The molecule has 0 aliphatic carbocycles. The summed E-state index contributed by atoms with van der Waals surface area (Å²) in [4.78, 5) is 20.6. The monoisotopic (exact) mass is 466 g/mol. The van der Waals surface area contributed by atoms with Crippen LogP contribution >= 0.6 is 47.8 Å². The van der Waals surface area contributed by atoms with Gasteiger partial charge in [0.15, 0.2) is 0 Å². The van der Waals surface area contributed by atoms with Crippen LogP contribution in [-0.2, 0) is 19.1 Å². The molecule has 0 radical (unpaired) electrons. The molecule has 2 aliphatic rings. The Morgan fingerprint density at radius 3 is 1.89 bits per heavy atom. The molecule has 6 nitrogen and oxygen atoms in total. The molecule has 2 rings (SSSR count). The van der Waals surface area contributed by atoms with E-state index in [-0.39, 0.29) is 18.5 Å². The number of rotatable bonds is 2. The third-order valence-corrected chi connectivity index (χ3v) is 4.76. The first kappa shape index (κ1) is 17.4. The van der Waals surface area contributed by atoms with Gasteiger partial charge in [-0.15, -0.1) is 0 Å². The van der Waals surface area contributed by atoms with Crippen LogP contribution in [0.4, 0.5) is 0 Å². The average Bonchev–Trinajstić information content (AvgIpc) is 2.83. The Kier molecular flexibility index (Phi) is 7.23. The van der Waals surface area contributed by atoms with Crippen LogP contribution in [0.3, 0.4) is 0 Å².